The maximum Gasteiger partial charge on any atom is 0.416 e. The van der Waals surface area contributed by atoms with Crippen LogP contribution in [0, 0.1) is 10.1 Å². The molecular formula is C18H20F3N5O3. The topological polar surface area (TPSA) is 84.5 Å². The summed E-state index contributed by atoms with van der Waals surface area (Å²) in [4.78, 5) is 26.1. The van der Waals surface area contributed by atoms with Crippen molar-refractivity contribution in [2.24, 2.45) is 0 Å². The Morgan fingerprint density at radius 3 is 2.55 bits per heavy atom. The molecule has 3 rings (SSSR count). The molecule has 0 spiro atoms. The fraction of sp³-hybridized carbons (Fsp3) is 0.444. The Kier molecular flexibility index (Phi) is 6.16. The number of aryl methyl sites for hydroxylation is 1. The van der Waals surface area contributed by atoms with Gasteiger partial charge in [-0.2, -0.15) is 18.3 Å². The van der Waals surface area contributed by atoms with Crippen molar-refractivity contribution >= 4 is 11.6 Å². The number of carbonyl (C=O) groups excluding carboxylic acids is 1. The van der Waals surface area contributed by atoms with Gasteiger partial charge in [-0.3, -0.25) is 24.5 Å². The van der Waals surface area contributed by atoms with Gasteiger partial charge in [0.2, 0.25) is 5.91 Å². The zero-order valence-electron chi connectivity index (χ0n) is 15.5. The number of alkyl halides is 3. The Hall–Kier alpha value is -2.95. The van der Waals surface area contributed by atoms with Crippen molar-refractivity contribution in [2.45, 2.75) is 25.7 Å². The fourth-order valence-corrected chi connectivity index (χ4v) is 3.20. The summed E-state index contributed by atoms with van der Waals surface area (Å²) in [6.07, 6.45) is -1.78. The van der Waals surface area contributed by atoms with E-state index < -0.39 is 16.7 Å². The highest BCUT2D eigenvalue weighted by molar-refractivity contribution is 5.76. The van der Waals surface area contributed by atoms with E-state index >= 15 is 0 Å². The van der Waals surface area contributed by atoms with E-state index in [4.69, 9.17) is 0 Å². The highest BCUT2D eigenvalue weighted by Gasteiger charge is 2.30. The largest absolute Gasteiger partial charge is 0.416 e. The third kappa shape index (κ3) is 5.53. The van der Waals surface area contributed by atoms with Gasteiger partial charge in [-0.25, -0.2) is 0 Å². The second-order valence-corrected chi connectivity index (χ2v) is 6.82. The van der Waals surface area contributed by atoms with Crippen molar-refractivity contribution in [3.8, 4) is 0 Å². The van der Waals surface area contributed by atoms with Crippen LogP contribution in [0.4, 0.5) is 18.9 Å². The molecule has 0 aliphatic carbocycles. The zero-order valence-corrected chi connectivity index (χ0v) is 15.5. The van der Waals surface area contributed by atoms with E-state index in [1.807, 2.05) is 4.90 Å². The number of nitro groups is 1. The molecule has 0 N–H and O–H groups in total. The Morgan fingerprint density at radius 2 is 1.93 bits per heavy atom. The number of piperazine rings is 1. The van der Waals surface area contributed by atoms with Crippen LogP contribution in [0.5, 0.6) is 0 Å². The maximum atomic E-state index is 12.8. The Morgan fingerprint density at radius 1 is 1.21 bits per heavy atom. The van der Waals surface area contributed by atoms with Crippen LogP contribution in [0.2, 0.25) is 0 Å². The van der Waals surface area contributed by atoms with Gasteiger partial charge in [-0.05, 0) is 11.6 Å². The minimum absolute atomic E-state index is 0.0816. The molecular weight excluding hydrogens is 391 g/mol. The Bertz CT molecular complexity index is 876. The quantitative estimate of drug-likeness (QED) is 0.539. The van der Waals surface area contributed by atoms with E-state index in [1.165, 1.54) is 16.9 Å². The summed E-state index contributed by atoms with van der Waals surface area (Å²) in [5.74, 6) is -0.0816. The van der Waals surface area contributed by atoms with Gasteiger partial charge in [0.05, 0.1) is 10.5 Å². The highest BCUT2D eigenvalue weighted by Crippen LogP contribution is 2.29. The molecule has 0 saturated carbocycles. The SMILES string of the molecule is O=C(CCn1cc([N+](=O)[O-])cn1)N1CCN(Cc2cccc(C(F)(F)F)c2)CC1. The lowest BCUT2D eigenvalue weighted by Crippen LogP contribution is -2.48. The predicted molar refractivity (Wildman–Crippen MR) is 96.8 cm³/mol. The molecule has 11 heteroatoms. The summed E-state index contributed by atoms with van der Waals surface area (Å²) >= 11 is 0. The molecule has 2 heterocycles. The number of benzene rings is 1. The van der Waals surface area contributed by atoms with Gasteiger partial charge in [-0.1, -0.05) is 18.2 Å². The van der Waals surface area contributed by atoms with Crippen molar-refractivity contribution in [1.82, 2.24) is 19.6 Å². The average molecular weight is 411 g/mol. The van der Waals surface area contributed by atoms with Gasteiger partial charge in [0.1, 0.15) is 12.4 Å². The average Bonchev–Trinajstić information content (AvgIpc) is 3.16. The Labute approximate surface area is 164 Å². The van der Waals surface area contributed by atoms with Crippen LogP contribution < -0.4 is 0 Å². The van der Waals surface area contributed by atoms with E-state index in [9.17, 15) is 28.1 Å². The van der Waals surface area contributed by atoms with Crippen LogP contribution in [0.25, 0.3) is 0 Å². The second-order valence-electron chi connectivity index (χ2n) is 6.82. The fourth-order valence-electron chi connectivity index (χ4n) is 3.20. The predicted octanol–water partition coefficient (Wildman–Crippen LogP) is 2.54. The third-order valence-electron chi connectivity index (χ3n) is 4.77. The first kappa shape index (κ1) is 20.8. The molecule has 1 amide bonds. The first-order valence-electron chi connectivity index (χ1n) is 9.05. The molecule has 29 heavy (non-hydrogen) atoms. The number of hydrogen-bond acceptors (Lipinski definition) is 5. The molecule has 2 aromatic rings. The maximum absolute atomic E-state index is 12.8. The Balaban J connectivity index is 1.46. The van der Waals surface area contributed by atoms with Crippen molar-refractivity contribution in [3.05, 3.63) is 57.9 Å². The van der Waals surface area contributed by atoms with Gasteiger partial charge in [0.25, 0.3) is 0 Å². The molecule has 1 saturated heterocycles. The molecule has 1 aromatic carbocycles. The summed E-state index contributed by atoms with van der Waals surface area (Å²) in [7, 11) is 0. The molecule has 1 aliphatic heterocycles. The number of hydrogen-bond donors (Lipinski definition) is 0. The van der Waals surface area contributed by atoms with E-state index in [1.54, 1.807) is 11.0 Å². The molecule has 0 bridgehead atoms. The van der Waals surface area contributed by atoms with Crippen molar-refractivity contribution < 1.29 is 22.9 Å². The highest BCUT2D eigenvalue weighted by atomic mass is 19.4. The van der Waals surface area contributed by atoms with Crippen LogP contribution in [-0.2, 0) is 24.1 Å². The van der Waals surface area contributed by atoms with Gasteiger partial charge in [0.15, 0.2) is 0 Å². The molecule has 1 fully saturated rings. The molecule has 0 atom stereocenters. The lowest BCUT2D eigenvalue weighted by molar-refractivity contribution is -0.385. The van der Waals surface area contributed by atoms with Crippen LogP contribution in [0.15, 0.2) is 36.7 Å². The van der Waals surface area contributed by atoms with Gasteiger partial charge >= 0.3 is 11.9 Å². The first-order chi connectivity index (χ1) is 13.7. The summed E-state index contributed by atoms with van der Waals surface area (Å²) < 4.78 is 39.8. The number of carbonyl (C=O) groups is 1. The summed E-state index contributed by atoms with van der Waals surface area (Å²) in [6, 6.07) is 5.27. The van der Waals surface area contributed by atoms with Crippen molar-refractivity contribution in [1.29, 1.82) is 0 Å². The van der Waals surface area contributed by atoms with Crippen molar-refractivity contribution in [3.63, 3.8) is 0 Å². The lowest BCUT2D eigenvalue weighted by atomic mass is 10.1. The van der Waals surface area contributed by atoms with Gasteiger partial charge < -0.3 is 4.90 Å². The number of rotatable bonds is 6. The minimum atomic E-state index is -4.36. The first-order valence-corrected chi connectivity index (χ1v) is 9.05. The molecule has 0 radical (unpaired) electrons. The van der Waals surface area contributed by atoms with E-state index in [0.29, 0.717) is 38.3 Å². The van der Waals surface area contributed by atoms with Crippen LogP contribution >= 0.6 is 0 Å². The number of halogens is 3. The summed E-state index contributed by atoms with van der Waals surface area (Å²) in [6.45, 7) is 2.73. The standard InChI is InChI=1S/C18H20F3N5O3/c19-18(20,21)15-3-1-2-14(10-15)12-23-6-8-24(9-7-23)17(27)4-5-25-13-16(11-22-25)26(28)29/h1-3,10-11,13H,4-9,12H2. The second kappa shape index (κ2) is 8.60. The molecule has 0 unspecified atom stereocenters. The van der Waals surface area contributed by atoms with E-state index in [2.05, 4.69) is 5.10 Å². The van der Waals surface area contributed by atoms with Crippen LogP contribution in [0.3, 0.4) is 0 Å². The zero-order chi connectivity index (χ0) is 21.0. The molecule has 8 nitrogen and oxygen atoms in total. The summed E-state index contributed by atoms with van der Waals surface area (Å²) in [5, 5.41) is 14.5. The van der Waals surface area contributed by atoms with Crippen LogP contribution in [-0.4, -0.2) is 56.6 Å². The smallest absolute Gasteiger partial charge is 0.340 e. The summed E-state index contributed by atoms with van der Waals surface area (Å²) in [5.41, 5.74) is -0.205. The minimum Gasteiger partial charge on any atom is -0.340 e. The normalized spacial score (nSPS) is 15.5. The monoisotopic (exact) mass is 411 g/mol. The number of amides is 1. The van der Waals surface area contributed by atoms with Crippen molar-refractivity contribution in [2.75, 3.05) is 26.2 Å². The van der Waals surface area contributed by atoms with E-state index in [0.717, 1.165) is 18.3 Å². The van der Waals surface area contributed by atoms with E-state index in [-0.39, 0.29) is 24.6 Å². The number of nitrogens with zero attached hydrogens (tertiary/aromatic N) is 5. The lowest BCUT2D eigenvalue weighted by Gasteiger charge is -2.35. The van der Waals surface area contributed by atoms with Gasteiger partial charge in [0, 0.05) is 45.7 Å². The molecule has 1 aliphatic rings. The van der Waals surface area contributed by atoms with Crippen LogP contribution in [0.1, 0.15) is 17.5 Å². The molecule has 156 valence electrons. The third-order valence-corrected chi connectivity index (χ3v) is 4.77. The number of aromatic nitrogens is 2. The molecule has 1 aromatic heterocycles. The van der Waals surface area contributed by atoms with Gasteiger partial charge in [-0.15, -0.1) is 0 Å².